The molecule has 6 heteroatoms. The van der Waals surface area contributed by atoms with E-state index in [-0.39, 0.29) is 0 Å². The van der Waals surface area contributed by atoms with Crippen LogP contribution < -0.4 is 0 Å². The fourth-order valence-electron chi connectivity index (χ4n) is 1.27. The van der Waals surface area contributed by atoms with Gasteiger partial charge in [-0.1, -0.05) is 13.0 Å². The van der Waals surface area contributed by atoms with Gasteiger partial charge in [0.1, 0.15) is 0 Å². The van der Waals surface area contributed by atoms with Crippen molar-refractivity contribution < 1.29 is 27.1 Å². The molecule has 0 saturated heterocycles. The SMILES string of the molecule is C=C[C@@H](C)[C@@H](O)c1c(F)c(F)c(F)c(F)c1F. The lowest BCUT2D eigenvalue weighted by Crippen LogP contribution is -2.15. The Morgan fingerprint density at radius 1 is 0.941 bits per heavy atom. The third-order valence-electron chi connectivity index (χ3n) is 2.41. The van der Waals surface area contributed by atoms with E-state index >= 15 is 0 Å². The summed E-state index contributed by atoms with van der Waals surface area (Å²) in [6, 6.07) is 0. The molecule has 0 fully saturated rings. The maximum absolute atomic E-state index is 13.2. The van der Waals surface area contributed by atoms with Crippen LogP contribution in [0.15, 0.2) is 12.7 Å². The van der Waals surface area contributed by atoms with Crippen molar-refractivity contribution in [1.29, 1.82) is 0 Å². The summed E-state index contributed by atoms with van der Waals surface area (Å²) in [7, 11) is 0. The van der Waals surface area contributed by atoms with Gasteiger partial charge in [-0.25, -0.2) is 22.0 Å². The highest BCUT2D eigenvalue weighted by Gasteiger charge is 2.31. The molecule has 0 aliphatic rings. The molecule has 0 unspecified atom stereocenters. The molecule has 1 N–H and O–H groups in total. The van der Waals surface area contributed by atoms with E-state index in [1.807, 2.05) is 0 Å². The predicted molar refractivity (Wildman–Crippen MR) is 50.6 cm³/mol. The molecule has 94 valence electrons. The molecule has 0 spiro atoms. The van der Waals surface area contributed by atoms with E-state index in [0.29, 0.717) is 0 Å². The second kappa shape index (κ2) is 4.83. The van der Waals surface area contributed by atoms with Crippen LogP contribution in [0.2, 0.25) is 0 Å². The van der Waals surface area contributed by atoms with Crippen molar-refractivity contribution in [2.75, 3.05) is 0 Å². The van der Waals surface area contributed by atoms with Crippen molar-refractivity contribution in [2.24, 2.45) is 5.92 Å². The molecule has 1 rings (SSSR count). The third kappa shape index (κ3) is 2.17. The number of benzene rings is 1. The maximum atomic E-state index is 13.2. The third-order valence-corrected chi connectivity index (χ3v) is 2.41. The molecule has 0 radical (unpaired) electrons. The van der Waals surface area contributed by atoms with Crippen LogP contribution in [0.5, 0.6) is 0 Å². The highest BCUT2D eigenvalue weighted by molar-refractivity contribution is 5.27. The van der Waals surface area contributed by atoms with Crippen LogP contribution in [0.3, 0.4) is 0 Å². The van der Waals surface area contributed by atoms with Gasteiger partial charge in [0, 0.05) is 5.92 Å². The smallest absolute Gasteiger partial charge is 0.200 e. The lowest BCUT2D eigenvalue weighted by Gasteiger charge is -2.17. The summed E-state index contributed by atoms with van der Waals surface area (Å²) in [6.07, 6.45) is -0.708. The Morgan fingerprint density at radius 3 is 1.65 bits per heavy atom. The second-order valence-corrected chi connectivity index (χ2v) is 3.52. The van der Waals surface area contributed by atoms with Gasteiger partial charge >= 0.3 is 0 Å². The molecule has 1 aromatic carbocycles. The molecule has 17 heavy (non-hydrogen) atoms. The van der Waals surface area contributed by atoms with Crippen molar-refractivity contribution >= 4 is 0 Å². The van der Waals surface area contributed by atoms with E-state index in [0.717, 1.165) is 6.08 Å². The van der Waals surface area contributed by atoms with Gasteiger partial charge in [-0.15, -0.1) is 6.58 Å². The number of aliphatic hydroxyl groups excluding tert-OH is 1. The molecule has 0 heterocycles. The number of hydrogen-bond acceptors (Lipinski definition) is 1. The first-order valence-electron chi connectivity index (χ1n) is 4.64. The van der Waals surface area contributed by atoms with Crippen LogP contribution in [0.1, 0.15) is 18.6 Å². The zero-order valence-electron chi connectivity index (χ0n) is 8.78. The van der Waals surface area contributed by atoms with Crippen molar-refractivity contribution in [1.82, 2.24) is 0 Å². The summed E-state index contributed by atoms with van der Waals surface area (Å²) in [4.78, 5) is 0. The van der Waals surface area contributed by atoms with Crippen LogP contribution in [0.25, 0.3) is 0 Å². The van der Waals surface area contributed by atoms with Gasteiger partial charge in [-0.3, -0.25) is 0 Å². The monoisotopic (exact) mass is 252 g/mol. The molecule has 0 aromatic heterocycles. The topological polar surface area (TPSA) is 20.2 Å². The summed E-state index contributed by atoms with van der Waals surface area (Å²) >= 11 is 0. The normalized spacial score (nSPS) is 14.5. The molecule has 0 amide bonds. The van der Waals surface area contributed by atoms with E-state index in [2.05, 4.69) is 6.58 Å². The molecular formula is C11H9F5O. The van der Waals surface area contributed by atoms with Crippen LogP contribution >= 0.6 is 0 Å². The fraction of sp³-hybridized carbons (Fsp3) is 0.273. The minimum Gasteiger partial charge on any atom is -0.388 e. The minimum absolute atomic E-state index is 0.858. The summed E-state index contributed by atoms with van der Waals surface area (Å²) in [5, 5.41) is 9.48. The van der Waals surface area contributed by atoms with Gasteiger partial charge in [0.2, 0.25) is 5.82 Å². The molecule has 1 aromatic rings. The zero-order chi connectivity index (χ0) is 13.3. The number of aliphatic hydroxyl groups is 1. The van der Waals surface area contributed by atoms with E-state index in [4.69, 9.17) is 0 Å². The minimum atomic E-state index is -2.25. The summed E-state index contributed by atoms with van der Waals surface area (Å²) in [6.45, 7) is 4.59. The molecule has 0 bridgehead atoms. The molecule has 1 nitrogen and oxygen atoms in total. The highest BCUT2D eigenvalue weighted by atomic mass is 19.2. The zero-order valence-corrected chi connectivity index (χ0v) is 8.78. The standard InChI is InChI=1S/C11H9F5O/c1-3-4(2)11(17)5-6(12)8(14)10(16)9(15)7(5)13/h3-4,11,17H,1H2,2H3/t4-,11-/m1/s1. The first kappa shape index (κ1) is 13.6. The van der Waals surface area contributed by atoms with Crippen LogP contribution in [0.4, 0.5) is 22.0 Å². The quantitative estimate of drug-likeness (QED) is 0.379. The molecule has 0 aliphatic heterocycles. The van der Waals surface area contributed by atoms with E-state index in [9.17, 15) is 27.1 Å². The van der Waals surface area contributed by atoms with E-state index in [1.54, 1.807) is 0 Å². The summed E-state index contributed by atoms with van der Waals surface area (Å²) in [5.74, 6) is -11.3. The Balaban J connectivity index is 3.49. The number of halogens is 5. The Morgan fingerprint density at radius 2 is 1.29 bits per heavy atom. The molecular weight excluding hydrogens is 243 g/mol. The summed E-state index contributed by atoms with van der Waals surface area (Å²) in [5.41, 5.74) is -1.24. The largest absolute Gasteiger partial charge is 0.388 e. The Labute approximate surface area is 94.2 Å². The van der Waals surface area contributed by atoms with Crippen LogP contribution in [0, 0.1) is 35.0 Å². The van der Waals surface area contributed by atoms with E-state index in [1.165, 1.54) is 6.92 Å². The van der Waals surface area contributed by atoms with Crippen LogP contribution in [-0.4, -0.2) is 5.11 Å². The second-order valence-electron chi connectivity index (χ2n) is 3.52. The Hall–Kier alpha value is -1.43. The maximum Gasteiger partial charge on any atom is 0.200 e. The van der Waals surface area contributed by atoms with Crippen molar-refractivity contribution in [3.05, 3.63) is 47.3 Å². The van der Waals surface area contributed by atoms with Crippen molar-refractivity contribution in [2.45, 2.75) is 13.0 Å². The average Bonchev–Trinajstić information content (AvgIpc) is 2.32. The van der Waals surface area contributed by atoms with Crippen molar-refractivity contribution in [3.8, 4) is 0 Å². The van der Waals surface area contributed by atoms with Gasteiger partial charge in [-0.05, 0) is 0 Å². The summed E-state index contributed by atoms with van der Waals surface area (Å²) < 4.78 is 64.8. The Bertz CT molecular complexity index is 429. The van der Waals surface area contributed by atoms with Gasteiger partial charge in [-0.2, -0.15) is 0 Å². The van der Waals surface area contributed by atoms with Gasteiger partial charge in [0.05, 0.1) is 11.7 Å². The van der Waals surface area contributed by atoms with Gasteiger partial charge in [0.25, 0.3) is 0 Å². The number of rotatable bonds is 3. The molecule has 2 atom stereocenters. The molecule has 0 aliphatic carbocycles. The van der Waals surface area contributed by atoms with Crippen LogP contribution in [-0.2, 0) is 0 Å². The molecule has 0 saturated carbocycles. The number of hydrogen-bond donors (Lipinski definition) is 1. The lowest BCUT2D eigenvalue weighted by molar-refractivity contribution is 0.127. The average molecular weight is 252 g/mol. The van der Waals surface area contributed by atoms with E-state index < -0.39 is 46.7 Å². The van der Waals surface area contributed by atoms with Gasteiger partial charge in [0.15, 0.2) is 23.3 Å². The Kier molecular flexibility index (Phi) is 3.87. The first-order chi connectivity index (χ1) is 7.82. The van der Waals surface area contributed by atoms with Gasteiger partial charge < -0.3 is 5.11 Å². The van der Waals surface area contributed by atoms with Crippen molar-refractivity contribution in [3.63, 3.8) is 0 Å². The fourth-order valence-corrected chi connectivity index (χ4v) is 1.27. The first-order valence-corrected chi connectivity index (χ1v) is 4.64. The highest BCUT2D eigenvalue weighted by Crippen LogP contribution is 2.31. The lowest BCUT2D eigenvalue weighted by atomic mass is 9.96. The predicted octanol–water partition coefficient (Wildman–Crippen LogP) is 3.24.